The third-order valence-corrected chi connectivity index (χ3v) is 4.82. The van der Waals surface area contributed by atoms with Crippen LogP contribution in [0.4, 0.5) is 0 Å². The summed E-state index contributed by atoms with van der Waals surface area (Å²) in [4.78, 5) is 20.5. The smallest absolute Gasteiger partial charge is 0.243 e. The number of guanidine groups is 1. The van der Waals surface area contributed by atoms with Gasteiger partial charge in [0.1, 0.15) is 6.54 Å². The molecule has 1 heterocycles. The molecule has 27 heavy (non-hydrogen) atoms. The van der Waals surface area contributed by atoms with Gasteiger partial charge in [0, 0.05) is 45.8 Å². The van der Waals surface area contributed by atoms with E-state index < -0.39 is 0 Å². The summed E-state index contributed by atoms with van der Waals surface area (Å²) in [6.07, 6.45) is 1.07. The second-order valence-electron chi connectivity index (χ2n) is 8.07. The van der Waals surface area contributed by atoms with Gasteiger partial charge < -0.3 is 15.5 Å². The molecule has 0 radical (unpaired) electrons. The lowest BCUT2D eigenvalue weighted by molar-refractivity contribution is -0.127. The molecule has 1 aliphatic rings. The number of carbonyl (C=O) groups is 1. The minimum Gasteiger partial charge on any atom is -0.356 e. The van der Waals surface area contributed by atoms with Gasteiger partial charge in [0.25, 0.3) is 0 Å². The summed E-state index contributed by atoms with van der Waals surface area (Å²) in [5.74, 6) is 1.25. The summed E-state index contributed by atoms with van der Waals surface area (Å²) in [6, 6.07) is 11.4. The summed E-state index contributed by atoms with van der Waals surface area (Å²) in [6.45, 7) is 9.53. The monoisotopic (exact) mass is 373 g/mol. The summed E-state index contributed by atoms with van der Waals surface area (Å²) >= 11 is 0. The molecular weight excluding hydrogens is 338 g/mol. The number of likely N-dealkylation sites (N-methyl/N-ethyl adjacent to an activating group) is 1. The van der Waals surface area contributed by atoms with Gasteiger partial charge in [-0.3, -0.25) is 9.69 Å². The van der Waals surface area contributed by atoms with Gasteiger partial charge in [0.15, 0.2) is 5.96 Å². The number of amides is 1. The number of nitrogens with one attached hydrogen (secondary N) is 2. The number of aliphatic imine (C=N–C) groups is 1. The summed E-state index contributed by atoms with van der Waals surface area (Å²) in [5, 5.41) is 6.91. The lowest BCUT2D eigenvalue weighted by atomic mass is 10.2. The van der Waals surface area contributed by atoms with Crippen molar-refractivity contribution >= 4 is 11.9 Å². The molecule has 0 aromatic heterocycles. The average Bonchev–Trinajstić information content (AvgIpc) is 2.96. The fraction of sp³-hybridized carbons (Fsp3) is 0.619. The van der Waals surface area contributed by atoms with E-state index in [2.05, 4.69) is 71.6 Å². The first-order chi connectivity index (χ1) is 12.8. The van der Waals surface area contributed by atoms with Crippen LogP contribution in [0, 0.1) is 5.92 Å². The van der Waals surface area contributed by atoms with Crippen molar-refractivity contribution < 1.29 is 4.79 Å². The summed E-state index contributed by atoms with van der Waals surface area (Å²) in [7, 11) is 3.51. The highest BCUT2D eigenvalue weighted by Crippen LogP contribution is 2.20. The van der Waals surface area contributed by atoms with Crippen molar-refractivity contribution in [2.24, 2.45) is 10.9 Å². The summed E-state index contributed by atoms with van der Waals surface area (Å²) in [5.41, 5.74) is 1.34. The van der Waals surface area contributed by atoms with E-state index in [-0.39, 0.29) is 12.5 Å². The zero-order valence-corrected chi connectivity index (χ0v) is 17.4. The van der Waals surface area contributed by atoms with Gasteiger partial charge in [-0.2, -0.15) is 0 Å². The molecule has 2 N–H and O–H groups in total. The van der Waals surface area contributed by atoms with Crippen LogP contribution in [0.2, 0.25) is 0 Å². The normalized spacial score (nSPS) is 20.7. The molecule has 1 fully saturated rings. The highest BCUT2D eigenvalue weighted by atomic mass is 16.2. The predicted molar refractivity (Wildman–Crippen MR) is 112 cm³/mol. The molecule has 150 valence electrons. The first-order valence-corrected chi connectivity index (χ1v) is 9.88. The van der Waals surface area contributed by atoms with E-state index >= 15 is 0 Å². The number of likely N-dealkylation sites (tertiary alicyclic amines) is 1. The van der Waals surface area contributed by atoms with Crippen LogP contribution in [0.5, 0.6) is 0 Å². The van der Waals surface area contributed by atoms with E-state index in [1.807, 2.05) is 0 Å². The molecule has 0 bridgehead atoms. The van der Waals surface area contributed by atoms with Gasteiger partial charge in [-0.15, -0.1) is 0 Å². The molecule has 6 heteroatoms. The molecule has 1 aromatic carbocycles. The van der Waals surface area contributed by atoms with Gasteiger partial charge in [0.2, 0.25) is 5.91 Å². The van der Waals surface area contributed by atoms with Crippen LogP contribution in [0.15, 0.2) is 35.3 Å². The van der Waals surface area contributed by atoms with Crippen LogP contribution in [-0.4, -0.2) is 67.5 Å². The van der Waals surface area contributed by atoms with Crippen molar-refractivity contribution in [1.29, 1.82) is 0 Å². The van der Waals surface area contributed by atoms with Crippen LogP contribution in [-0.2, 0) is 11.3 Å². The Kier molecular flexibility index (Phi) is 8.10. The highest BCUT2D eigenvalue weighted by molar-refractivity contribution is 5.85. The van der Waals surface area contributed by atoms with Crippen molar-refractivity contribution in [2.75, 3.05) is 33.7 Å². The standard InChI is InChI=1S/C21H35N5O/c1-16(2)12-22-21(23-13-20(27)25(4)5)24-19-11-17(3)26(15-19)14-18-9-7-6-8-10-18/h6-10,16-17,19H,11-15H2,1-5H3,(H2,22,23,24). The maximum atomic E-state index is 11.9. The lowest BCUT2D eigenvalue weighted by Gasteiger charge is -2.21. The fourth-order valence-electron chi connectivity index (χ4n) is 3.18. The van der Waals surface area contributed by atoms with Crippen molar-refractivity contribution in [1.82, 2.24) is 20.4 Å². The molecule has 1 aliphatic heterocycles. The minimum absolute atomic E-state index is 0.00569. The third-order valence-electron chi connectivity index (χ3n) is 4.82. The molecular formula is C21H35N5O. The number of benzene rings is 1. The van der Waals surface area contributed by atoms with Crippen LogP contribution >= 0.6 is 0 Å². The maximum absolute atomic E-state index is 11.9. The Hall–Kier alpha value is -2.08. The quantitative estimate of drug-likeness (QED) is 0.566. The predicted octanol–water partition coefficient (Wildman–Crippen LogP) is 1.93. The molecule has 0 aliphatic carbocycles. The Balaban J connectivity index is 1.95. The van der Waals surface area contributed by atoms with Gasteiger partial charge in [0.05, 0.1) is 0 Å². The molecule has 1 amide bonds. The molecule has 0 spiro atoms. The molecule has 1 aromatic rings. The second kappa shape index (κ2) is 10.3. The molecule has 2 atom stereocenters. The lowest BCUT2D eigenvalue weighted by Crippen LogP contribution is -2.46. The van der Waals surface area contributed by atoms with E-state index in [4.69, 9.17) is 0 Å². The summed E-state index contributed by atoms with van der Waals surface area (Å²) < 4.78 is 0. The average molecular weight is 374 g/mol. The number of rotatable bonds is 7. The third kappa shape index (κ3) is 7.21. The molecule has 2 rings (SSSR count). The molecule has 1 saturated heterocycles. The van der Waals surface area contributed by atoms with Crippen molar-refractivity contribution in [3.63, 3.8) is 0 Å². The fourth-order valence-corrected chi connectivity index (χ4v) is 3.18. The Morgan fingerprint density at radius 1 is 1.30 bits per heavy atom. The van der Waals surface area contributed by atoms with E-state index in [0.717, 1.165) is 32.0 Å². The maximum Gasteiger partial charge on any atom is 0.243 e. The molecule has 2 unspecified atom stereocenters. The van der Waals surface area contributed by atoms with E-state index in [0.29, 0.717) is 18.0 Å². The van der Waals surface area contributed by atoms with Gasteiger partial charge in [-0.1, -0.05) is 44.2 Å². The van der Waals surface area contributed by atoms with Gasteiger partial charge >= 0.3 is 0 Å². The van der Waals surface area contributed by atoms with Crippen LogP contribution in [0.3, 0.4) is 0 Å². The first kappa shape index (κ1) is 21.2. The SMILES string of the molecule is CC(C)CNC(=NCC(=O)N(C)C)NC1CC(C)N(Cc2ccccc2)C1. The van der Waals surface area contributed by atoms with E-state index in [1.165, 1.54) is 5.56 Å². The van der Waals surface area contributed by atoms with Crippen molar-refractivity contribution in [3.8, 4) is 0 Å². The van der Waals surface area contributed by atoms with Gasteiger partial charge in [-0.05, 0) is 24.8 Å². The Morgan fingerprint density at radius 2 is 2.00 bits per heavy atom. The number of hydrogen-bond donors (Lipinski definition) is 2. The Morgan fingerprint density at radius 3 is 2.63 bits per heavy atom. The van der Waals surface area contributed by atoms with Crippen LogP contribution in [0.1, 0.15) is 32.8 Å². The zero-order chi connectivity index (χ0) is 19.8. The molecule has 0 saturated carbocycles. The highest BCUT2D eigenvalue weighted by Gasteiger charge is 2.29. The zero-order valence-electron chi connectivity index (χ0n) is 17.4. The largest absolute Gasteiger partial charge is 0.356 e. The van der Waals surface area contributed by atoms with Crippen LogP contribution < -0.4 is 10.6 Å². The van der Waals surface area contributed by atoms with Crippen molar-refractivity contribution in [2.45, 2.75) is 45.8 Å². The van der Waals surface area contributed by atoms with Crippen LogP contribution in [0.25, 0.3) is 0 Å². The van der Waals surface area contributed by atoms with Gasteiger partial charge in [-0.25, -0.2) is 4.99 Å². The topological polar surface area (TPSA) is 60.0 Å². The second-order valence-corrected chi connectivity index (χ2v) is 8.07. The minimum atomic E-state index is 0.00569. The first-order valence-electron chi connectivity index (χ1n) is 9.88. The van der Waals surface area contributed by atoms with E-state index in [9.17, 15) is 4.79 Å². The Labute approximate surface area is 164 Å². The van der Waals surface area contributed by atoms with E-state index in [1.54, 1.807) is 19.0 Å². The Bertz CT molecular complexity index is 614. The number of carbonyl (C=O) groups excluding carboxylic acids is 1. The number of nitrogens with zero attached hydrogens (tertiary/aromatic N) is 3. The molecule has 6 nitrogen and oxygen atoms in total. The number of hydrogen-bond acceptors (Lipinski definition) is 3. The van der Waals surface area contributed by atoms with Crippen molar-refractivity contribution in [3.05, 3.63) is 35.9 Å².